The van der Waals surface area contributed by atoms with Crippen molar-refractivity contribution < 1.29 is 22.3 Å². The number of amides is 1. The van der Waals surface area contributed by atoms with Crippen LogP contribution < -0.4 is 4.74 Å². The summed E-state index contributed by atoms with van der Waals surface area (Å²) >= 11 is 0. The number of hydrogen-bond acceptors (Lipinski definition) is 5. The molecule has 0 atom stereocenters. The highest BCUT2D eigenvalue weighted by molar-refractivity contribution is 7.86. The normalized spacial score (nSPS) is 20.6. The molecular formula is C17H25FN4O4S. The summed E-state index contributed by atoms with van der Waals surface area (Å²) in [6.45, 7) is 3.22. The fourth-order valence-corrected chi connectivity index (χ4v) is 4.85. The van der Waals surface area contributed by atoms with Crippen molar-refractivity contribution in [3.8, 4) is 5.75 Å². The van der Waals surface area contributed by atoms with E-state index >= 15 is 0 Å². The molecule has 8 nitrogen and oxygen atoms in total. The van der Waals surface area contributed by atoms with Gasteiger partial charge in [-0.3, -0.25) is 4.79 Å². The highest BCUT2D eigenvalue weighted by Gasteiger charge is 2.35. The Morgan fingerprint density at radius 2 is 1.56 bits per heavy atom. The van der Waals surface area contributed by atoms with Crippen molar-refractivity contribution in [3.05, 3.63) is 29.6 Å². The number of hydrogen-bond donors (Lipinski definition) is 0. The van der Waals surface area contributed by atoms with E-state index in [0.29, 0.717) is 31.9 Å². The summed E-state index contributed by atoms with van der Waals surface area (Å²) < 4.78 is 47.5. The van der Waals surface area contributed by atoms with Crippen LogP contribution in [0.3, 0.4) is 0 Å². The number of nitrogens with zero attached hydrogens (tertiary/aromatic N) is 4. The number of piperazine rings is 2. The second-order valence-corrected chi connectivity index (χ2v) is 8.68. The van der Waals surface area contributed by atoms with Gasteiger partial charge in [0.15, 0.2) is 0 Å². The lowest BCUT2D eigenvalue weighted by Crippen LogP contribution is -2.57. The molecule has 0 bridgehead atoms. The maximum absolute atomic E-state index is 14.1. The minimum absolute atomic E-state index is 0.0359. The van der Waals surface area contributed by atoms with Gasteiger partial charge in [0.25, 0.3) is 16.1 Å². The first-order valence-electron chi connectivity index (χ1n) is 8.89. The van der Waals surface area contributed by atoms with E-state index in [0.717, 1.165) is 0 Å². The van der Waals surface area contributed by atoms with Crippen molar-refractivity contribution >= 4 is 16.1 Å². The third-order valence-corrected chi connectivity index (χ3v) is 7.08. The summed E-state index contributed by atoms with van der Waals surface area (Å²) in [6, 6.07) is 4.09. The second kappa shape index (κ2) is 8.09. The topological polar surface area (TPSA) is 73.4 Å². The van der Waals surface area contributed by atoms with Crippen molar-refractivity contribution in [1.29, 1.82) is 0 Å². The number of carbonyl (C=O) groups excluding carboxylic acids is 1. The molecule has 1 aromatic carbocycles. The zero-order chi connectivity index (χ0) is 19.6. The first kappa shape index (κ1) is 20.0. The molecule has 2 aliphatic rings. The summed E-state index contributed by atoms with van der Waals surface area (Å²) in [5.41, 5.74) is -0.0359. The Kier molecular flexibility index (Phi) is 5.99. The molecule has 2 heterocycles. The van der Waals surface area contributed by atoms with Crippen LogP contribution in [-0.2, 0) is 10.2 Å². The average Bonchev–Trinajstić information content (AvgIpc) is 2.67. The third kappa shape index (κ3) is 4.23. The Hall–Kier alpha value is -1.75. The maximum atomic E-state index is 14.1. The Bertz CT molecular complexity index is 788. The van der Waals surface area contributed by atoms with Gasteiger partial charge in [-0.25, -0.2) is 4.39 Å². The van der Waals surface area contributed by atoms with Crippen molar-refractivity contribution in [2.45, 2.75) is 0 Å². The molecule has 2 fully saturated rings. The highest BCUT2D eigenvalue weighted by Crippen LogP contribution is 2.20. The largest absolute Gasteiger partial charge is 0.497 e. The molecule has 150 valence electrons. The molecule has 0 spiro atoms. The zero-order valence-electron chi connectivity index (χ0n) is 15.6. The molecule has 1 aromatic rings. The van der Waals surface area contributed by atoms with Crippen LogP contribution in [0.5, 0.6) is 5.75 Å². The van der Waals surface area contributed by atoms with Crippen LogP contribution in [0.4, 0.5) is 4.39 Å². The van der Waals surface area contributed by atoms with Gasteiger partial charge < -0.3 is 14.5 Å². The van der Waals surface area contributed by atoms with Gasteiger partial charge in [0.1, 0.15) is 11.6 Å². The van der Waals surface area contributed by atoms with E-state index in [4.69, 9.17) is 4.74 Å². The van der Waals surface area contributed by atoms with Gasteiger partial charge in [-0.05, 0) is 19.2 Å². The number of carbonyl (C=O) groups is 1. The molecule has 2 aliphatic heterocycles. The number of halogens is 1. The molecule has 2 saturated heterocycles. The summed E-state index contributed by atoms with van der Waals surface area (Å²) in [7, 11) is -0.136. The Labute approximate surface area is 159 Å². The third-order valence-electron chi connectivity index (χ3n) is 5.05. The summed E-state index contributed by atoms with van der Waals surface area (Å²) in [4.78, 5) is 16.2. The SMILES string of the molecule is COc1ccc(C(=O)N2CCN(S(=O)(=O)N3CCN(C)CC3)CC2)c(F)c1. The first-order chi connectivity index (χ1) is 12.8. The Balaban J connectivity index is 1.62. The van der Waals surface area contributed by atoms with Crippen molar-refractivity contribution in [2.24, 2.45) is 0 Å². The number of rotatable bonds is 4. The molecule has 0 saturated carbocycles. The van der Waals surface area contributed by atoms with Crippen molar-refractivity contribution in [2.75, 3.05) is 66.5 Å². The van der Waals surface area contributed by atoms with Crippen LogP contribution in [0.2, 0.25) is 0 Å². The lowest BCUT2D eigenvalue weighted by atomic mass is 10.1. The number of ether oxygens (including phenoxy) is 1. The van der Waals surface area contributed by atoms with Crippen LogP contribution >= 0.6 is 0 Å². The first-order valence-corrected chi connectivity index (χ1v) is 10.3. The van der Waals surface area contributed by atoms with E-state index in [9.17, 15) is 17.6 Å². The Morgan fingerprint density at radius 1 is 1.00 bits per heavy atom. The molecule has 1 amide bonds. The molecule has 10 heteroatoms. The molecule has 0 N–H and O–H groups in total. The van der Waals surface area contributed by atoms with E-state index < -0.39 is 21.9 Å². The van der Waals surface area contributed by atoms with Crippen LogP contribution in [-0.4, -0.2) is 99.3 Å². The number of likely N-dealkylation sites (N-methyl/N-ethyl adjacent to an activating group) is 1. The maximum Gasteiger partial charge on any atom is 0.282 e. The summed E-state index contributed by atoms with van der Waals surface area (Å²) in [5, 5.41) is 0. The molecule has 0 aliphatic carbocycles. The van der Waals surface area contributed by atoms with Gasteiger partial charge >= 0.3 is 0 Å². The molecule has 3 rings (SSSR count). The molecule has 0 radical (unpaired) electrons. The molecule has 0 aromatic heterocycles. The van der Waals surface area contributed by atoms with Crippen LogP contribution in [0.15, 0.2) is 18.2 Å². The molecule has 27 heavy (non-hydrogen) atoms. The quantitative estimate of drug-likeness (QED) is 0.716. The predicted octanol–water partition coefficient (Wildman–Crippen LogP) is 0.0843. The second-order valence-electron chi connectivity index (χ2n) is 6.75. The van der Waals surface area contributed by atoms with Gasteiger partial charge in [-0.1, -0.05) is 0 Å². The van der Waals surface area contributed by atoms with E-state index in [2.05, 4.69) is 4.90 Å². The predicted molar refractivity (Wildman–Crippen MR) is 98.4 cm³/mol. The lowest BCUT2D eigenvalue weighted by Gasteiger charge is -2.39. The number of benzene rings is 1. The summed E-state index contributed by atoms with van der Waals surface area (Å²) in [5.74, 6) is -0.745. The van der Waals surface area contributed by atoms with Gasteiger partial charge in [0.2, 0.25) is 0 Å². The molecule has 0 unspecified atom stereocenters. The standard InChI is InChI=1S/C17H25FN4O4S/c1-19-5-9-21(10-6-19)27(24,25)22-11-7-20(8-12-22)17(23)15-4-3-14(26-2)13-16(15)18/h3-4,13H,5-12H2,1-2H3. The van der Waals surface area contributed by atoms with Gasteiger partial charge in [-0.2, -0.15) is 17.0 Å². The van der Waals surface area contributed by atoms with Crippen LogP contribution in [0.1, 0.15) is 10.4 Å². The van der Waals surface area contributed by atoms with Crippen molar-refractivity contribution in [3.63, 3.8) is 0 Å². The minimum atomic E-state index is -3.53. The highest BCUT2D eigenvalue weighted by atomic mass is 32.2. The van der Waals surface area contributed by atoms with Gasteiger partial charge in [0, 0.05) is 58.4 Å². The van der Waals surface area contributed by atoms with Crippen LogP contribution in [0.25, 0.3) is 0 Å². The average molecular weight is 400 g/mol. The van der Waals surface area contributed by atoms with Crippen molar-refractivity contribution in [1.82, 2.24) is 18.4 Å². The monoisotopic (exact) mass is 400 g/mol. The van der Waals surface area contributed by atoms with Crippen LogP contribution in [0, 0.1) is 5.82 Å². The van der Waals surface area contributed by atoms with Gasteiger partial charge in [-0.15, -0.1) is 0 Å². The fraction of sp³-hybridized carbons (Fsp3) is 0.588. The zero-order valence-corrected chi connectivity index (χ0v) is 16.4. The minimum Gasteiger partial charge on any atom is -0.497 e. The van der Waals surface area contributed by atoms with Gasteiger partial charge in [0.05, 0.1) is 12.7 Å². The summed E-state index contributed by atoms with van der Waals surface area (Å²) in [6.07, 6.45) is 0. The smallest absolute Gasteiger partial charge is 0.282 e. The fourth-order valence-electron chi connectivity index (χ4n) is 3.27. The lowest BCUT2D eigenvalue weighted by molar-refractivity contribution is 0.0687. The van der Waals surface area contributed by atoms with E-state index in [-0.39, 0.29) is 31.7 Å². The van der Waals surface area contributed by atoms with E-state index in [1.54, 1.807) is 0 Å². The van der Waals surface area contributed by atoms with E-state index in [1.165, 1.54) is 38.8 Å². The number of methoxy groups -OCH3 is 1. The molecular weight excluding hydrogens is 375 g/mol. The van der Waals surface area contributed by atoms with E-state index in [1.807, 2.05) is 7.05 Å². The Morgan fingerprint density at radius 3 is 2.07 bits per heavy atom.